The van der Waals surface area contributed by atoms with Crippen LogP contribution < -0.4 is 10.1 Å². The molecule has 2 aromatic rings. The van der Waals surface area contributed by atoms with Gasteiger partial charge in [-0.3, -0.25) is 4.90 Å². The molecule has 3 saturated heterocycles. The van der Waals surface area contributed by atoms with E-state index >= 15 is 0 Å². The van der Waals surface area contributed by atoms with Gasteiger partial charge in [0.1, 0.15) is 11.9 Å². The Balaban J connectivity index is 1.35. The van der Waals surface area contributed by atoms with Gasteiger partial charge in [-0.1, -0.05) is 55.8 Å². The molecule has 3 fully saturated rings. The Labute approximate surface area is 184 Å². The Hall–Kier alpha value is -2.53. The number of carbonyl (C=O) groups excluding carboxylic acids is 1. The van der Waals surface area contributed by atoms with Crippen molar-refractivity contribution in [2.45, 2.75) is 45.8 Å². The predicted octanol–water partition coefficient (Wildman–Crippen LogP) is 4.94. The lowest BCUT2D eigenvalue weighted by atomic mass is 9.78. The summed E-state index contributed by atoms with van der Waals surface area (Å²) in [7, 11) is 0. The third-order valence-corrected chi connectivity index (χ3v) is 7.17. The molecule has 2 aromatic carbocycles. The first-order valence-corrected chi connectivity index (χ1v) is 11.4. The van der Waals surface area contributed by atoms with E-state index in [0.29, 0.717) is 12.5 Å². The summed E-state index contributed by atoms with van der Waals surface area (Å²) in [5, 5.41) is 3.18. The molecular formula is C26H32N2O3. The van der Waals surface area contributed by atoms with Crippen LogP contribution >= 0.6 is 0 Å². The Morgan fingerprint density at radius 2 is 1.90 bits per heavy atom. The van der Waals surface area contributed by atoms with E-state index < -0.39 is 0 Å². The zero-order chi connectivity index (χ0) is 21.6. The largest absolute Gasteiger partial charge is 0.493 e. The van der Waals surface area contributed by atoms with Crippen molar-refractivity contribution >= 4 is 6.09 Å². The number of aryl methyl sites for hydroxylation is 1. The van der Waals surface area contributed by atoms with Gasteiger partial charge >= 0.3 is 6.09 Å². The third-order valence-electron chi connectivity index (χ3n) is 7.17. The number of hydrogen-bond acceptors (Lipinski definition) is 4. The lowest BCUT2D eigenvalue weighted by Gasteiger charge is -2.44. The predicted molar refractivity (Wildman–Crippen MR) is 121 cm³/mol. The molecule has 0 radical (unpaired) electrons. The molecule has 0 aromatic heterocycles. The Morgan fingerprint density at radius 3 is 2.61 bits per heavy atom. The topological polar surface area (TPSA) is 50.8 Å². The van der Waals surface area contributed by atoms with Crippen LogP contribution in [0.4, 0.5) is 4.79 Å². The minimum Gasteiger partial charge on any atom is -0.493 e. The first kappa shape index (κ1) is 20.4. The Bertz CT molecular complexity index is 978. The van der Waals surface area contributed by atoms with Gasteiger partial charge in [0, 0.05) is 17.5 Å². The Kier molecular flexibility index (Phi) is 5.17. The second-order valence-corrected chi connectivity index (χ2v) is 10.1. The maximum Gasteiger partial charge on any atom is 0.407 e. The fraction of sp³-hybridized carbons (Fsp3) is 0.500. The zero-order valence-electron chi connectivity index (χ0n) is 18.7. The molecule has 164 valence electrons. The molecule has 1 amide bonds. The molecule has 5 nitrogen and oxygen atoms in total. The molecule has 4 aliphatic rings. The zero-order valence-corrected chi connectivity index (χ0v) is 18.7. The van der Waals surface area contributed by atoms with Gasteiger partial charge in [0.2, 0.25) is 0 Å². The van der Waals surface area contributed by atoms with Crippen molar-refractivity contribution in [1.29, 1.82) is 0 Å². The van der Waals surface area contributed by atoms with Crippen LogP contribution in [0.3, 0.4) is 0 Å². The second kappa shape index (κ2) is 7.86. The van der Waals surface area contributed by atoms with Crippen LogP contribution in [-0.4, -0.2) is 43.3 Å². The van der Waals surface area contributed by atoms with Crippen molar-refractivity contribution in [2.75, 3.05) is 26.2 Å². The van der Waals surface area contributed by atoms with Crippen molar-refractivity contribution in [2.24, 2.45) is 11.3 Å². The molecular weight excluding hydrogens is 388 g/mol. The summed E-state index contributed by atoms with van der Waals surface area (Å²) in [4.78, 5) is 15.3. The average molecular weight is 421 g/mol. The van der Waals surface area contributed by atoms with Gasteiger partial charge in [0.15, 0.2) is 0 Å². The van der Waals surface area contributed by atoms with E-state index in [-0.39, 0.29) is 23.7 Å². The molecule has 5 heteroatoms. The van der Waals surface area contributed by atoms with E-state index in [9.17, 15) is 4.79 Å². The number of rotatable bonds is 3. The number of benzene rings is 2. The number of hydrogen-bond donors (Lipinski definition) is 1. The highest BCUT2D eigenvalue weighted by Gasteiger charge is 2.41. The number of alkyl carbamates (subject to hydrolysis) is 1. The van der Waals surface area contributed by atoms with Crippen LogP contribution in [0.2, 0.25) is 0 Å². The first-order valence-electron chi connectivity index (χ1n) is 11.4. The van der Waals surface area contributed by atoms with E-state index in [1.54, 1.807) is 0 Å². The van der Waals surface area contributed by atoms with Crippen LogP contribution in [0.1, 0.15) is 43.9 Å². The third kappa shape index (κ3) is 4.03. The number of carbonyl (C=O) groups is 1. The summed E-state index contributed by atoms with van der Waals surface area (Å²) < 4.78 is 12.0. The lowest BCUT2D eigenvalue weighted by Crippen LogP contribution is -2.53. The number of nitrogens with zero attached hydrogens (tertiary/aromatic N) is 1. The highest BCUT2D eigenvalue weighted by atomic mass is 16.6. The second-order valence-electron chi connectivity index (χ2n) is 10.1. The minimum absolute atomic E-state index is 0.00798. The van der Waals surface area contributed by atoms with E-state index in [0.717, 1.165) is 49.4 Å². The molecule has 0 saturated carbocycles. The summed E-state index contributed by atoms with van der Waals surface area (Å²) in [6.45, 7) is 10.0. The maximum absolute atomic E-state index is 12.9. The van der Waals surface area contributed by atoms with Gasteiger partial charge in [-0.05, 0) is 56.0 Å². The van der Waals surface area contributed by atoms with E-state index in [2.05, 4.69) is 73.5 Å². The van der Waals surface area contributed by atoms with E-state index in [1.807, 2.05) is 0 Å². The van der Waals surface area contributed by atoms with Crippen LogP contribution in [0, 0.1) is 18.3 Å². The summed E-state index contributed by atoms with van der Waals surface area (Å²) >= 11 is 0. The molecule has 2 bridgehead atoms. The van der Waals surface area contributed by atoms with Crippen LogP contribution in [-0.2, 0) is 4.74 Å². The molecule has 6 rings (SSSR count). The summed E-state index contributed by atoms with van der Waals surface area (Å²) in [5.74, 6) is 1.34. The Morgan fingerprint density at radius 1 is 1.13 bits per heavy atom. The number of ether oxygens (including phenoxy) is 2. The molecule has 1 unspecified atom stereocenters. The van der Waals surface area contributed by atoms with Gasteiger partial charge < -0.3 is 14.8 Å². The normalized spacial score (nSPS) is 28.4. The average Bonchev–Trinajstić information content (AvgIpc) is 2.76. The lowest BCUT2D eigenvalue weighted by molar-refractivity contribution is -0.0361. The van der Waals surface area contributed by atoms with Crippen LogP contribution in [0.15, 0.2) is 42.5 Å². The molecule has 4 heterocycles. The highest BCUT2D eigenvalue weighted by molar-refractivity contribution is 5.70. The van der Waals surface area contributed by atoms with Crippen molar-refractivity contribution in [1.82, 2.24) is 10.2 Å². The highest BCUT2D eigenvalue weighted by Crippen LogP contribution is 2.44. The van der Waals surface area contributed by atoms with Gasteiger partial charge in [-0.25, -0.2) is 4.79 Å². The minimum atomic E-state index is -0.313. The number of amides is 1. The van der Waals surface area contributed by atoms with Crippen molar-refractivity contribution in [3.63, 3.8) is 0 Å². The smallest absolute Gasteiger partial charge is 0.407 e. The summed E-state index contributed by atoms with van der Waals surface area (Å²) in [6.07, 6.45) is 1.96. The fourth-order valence-electron chi connectivity index (χ4n) is 5.28. The van der Waals surface area contributed by atoms with Crippen molar-refractivity contribution in [3.8, 4) is 16.9 Å². The van der Waals surface area contributed by atoms with Crippen LogP contribution in [0.5, 0.6) is 5.75 Å². The fourth-order valence-corrected chi connectivity index (χ4v) is 5.28. The molecule has 1 N–H and O–H groups in total. The van der Waals surface area contributed by atoms with Gasteiger partial charge in [0.05, 0.1) is 12.6 Å². The number of nitrogens with one attached hydrogen (secondary N) is 1. The molecule has 2 atom stereocenters. The monoisotopic (exact) mass is 420 g/mol. The van der Waals surface area contributed by atoms with Gasteiger partial charge in [-0.2, -0.15) is 0 Å². The van der Waals surface area contributed by atoms with Crippen LogP contribution in [0.25, 0.3) is 11.1 Å². The van der Waals surface area contributed by atoms with Gasteiger partial charge in [-0.15, -0.1) is 0 Å². The van der Waals surface area contributed by atoms with E-state index in [1.165, 1.54) is 11.1 Å². The first-order chi connectivity index (χ1) is 14.9. The summed E-state index contributed by atoms with van der Waals surface area (Å²) in [5.41, 5.74) is 4.30. The molecule has 0 spiro atoms. The SMILES string of the molecule is Cc1cccc(-c2ccc3c(c2)OCC(C)(C)C3NC(=O)O[C@@H]2CN3CCC2CC3)c1. The van der Waals surface area contributed by atoms with Crippen molar-refractivity contribution < 1.29 is 14.3 Å². The molecule has 4 aliphatic heterocycles. The molecule has 31 heavy (non-hydrogen) atoms. The standard InChI is InChI=1S/C26H32N2O3/c1-17-5-4-6-19(13-17)20-7-8-21-22(14-20)30-16-26(2,3)24(21)27-25(29)31-23-15-28-11-9-18(23)10-12-28/h4-8,13-14,18,23-24H,9-12,15-16H2,1-3H3,(H,27,29)/t23-,24?/m1/s1. The number of fused-ring (bicyclic) bond motifs is 4. The maximum atomic E-state index is 12.9. The number of piperidine rings is 3. The summed E-state index contributed by atoms with van der Waals surface area (Å²) in [6, 6.07) is 14.6. The molecule has 0 aliphatic carbocycles. The van der Waals surface area contributed by atoms with Crippen molar-refractivity contribution in [3.05, 3.63) is 53.6 Å². The van der Waals surface area contributed by atoms with E-state index in [4.69, 9.17) is 9.47 Å². The quantitative estimate of drug-likeness (QED) is 0.764. The van der Waals surface area contributed by atoms with Gasteiger partial charge in [0.25, 0.3) is 0 Å².